The highest BCUT2D eigenvalue weighted by Crippen LogP contribution is 2.15. The number of hydrogen-bond donors (Lipinski definition) is 1. The lowest BCUT2D eigenvalue weighted by Gasteiger charge is -2.20. The number of aromatic nitrogens is 2. The van der Waals surface area contributed by atoms with E-state index in [0.717, 1.165) is 0 Å². The Bertz CT molecular complexity index is 389. The van der Waals surface area contributed by atoms with Crippen molar-refractivity contribution in [2.24, 2.45) is 5.92 Å². The van der Waals surface area contributed by atoms with E-state index in [-0.39, 0.29) is 11.9 Å². The van der Waals surface area contributed by atoms with Crippen LogP contribution in [-0.2, 0) is 9.53 Å². The van der Waals surface area contributed by atoms with E-state index in [1.54, 1.807) is 13.0 Å². The Morgan fingerprint density at radius 1 is 1.47 bits per heavy atom. The van der Waals surface area contributed by atoms with Crippen LogP contribution in [0, 0.1) is 12.8 Å². The first-order valence-corrected chi connectivity index (χ1v) is 6.09. The molecule has 1 aromatic rings. The van der Waals surface area contributed by atoms with Gasteiger partial charge in [-0.15, -0.1) is 0 Å². The van der Waals surface area contributed by atoms with Crippen molar-refractivity contribution < 1.29 is 9.53 Å². The summed E-state index contributed by atoms with van der Waals surface area (Å²) in [6.07, 6.45) is 0. The molecule has 1 N–H and O–H groups in total. The number of hydrogen-bond acceptors (Lipinski definition) is 5. The number of anilines is 1. The fraction of sp³-hybridized carbons (Fsp3) is 0.545. The van der Waals surface area contributed by atoms with Gasteiger partial charge in [-0.25, -0.2) is 14.8 Å². The van der Waals surface area contributed by atoms with Crippen molar-refractivity contribution in [2.75, 3.05) is 12.4 Å². The van der Waals surface area contributed by atoms with E-state index >= 15 is 0 Å². The zero-order valence-electron chi connectivity index (χ0n) is 10.3. The van der Waals surface area contributed by atoms with Crippen molar-refractivity contribution in [3.63, 3.8) is 0 Å². The van der Waals surface area contributed by atoms with Crippen LogP contribution in [0.5, 0.6) is 0 Å². The molecule has 5 nitrogen and oxygen atoms in total. The second kappa shape index (κ2) is 5.95. The highest BCUT2D eigenvalue weighted by atomic mass is 79.9. The van der Waals surface area contributed by atoms with E-state index in [4.69, 9.17) is 4.74 Å². The van der Waals surface area contributed by atoms with Crippen LogP contribution in [0.15, 0.2) is 10.7 Å². The highest BCUT2D eigenvalue weighted by Gasteiger charge is 2.23. The first-order valence-electron chi connectivity index (χ1n) is 5.29. The number of aryl methyl sites for hydroxylation is 1. The predicted octanol–water partition coefficient (Wildman–Crippen LogP) is 2.16. The summed E-state index contributed by atoms with van der Waals surface area (Å²) in [4.78, 5) is 19.9. The summed E-state index contributed by atoms with van der Waals surface area (Å²) < 4.78 is 5.43. The molecule has 0 amide bonds. The maximum atomic E-state index is 11.6. The Morgan fingerprint density at radius 3 is 2.59 bits per heavy atom. The van der Waals surface area contributed by atoms with Crippen molar-refractivity contribution >= 4 is 27.7 Å². The summed E-state index contributed by atoms with van der Waals surface area (Å²) in [5.41, 5.74) is 0. The third-order valence-corrected chi connectivity index (χ3v) is 2.64. The molecule has 1 aromatic heterocycles. The molecule has 0 spiro atoms. The molecule has 0 aliphatic heterocycles. The minimum absolute atomic E-state index is 0.108. The number of nitrogens with one attached hydrogen (secondary N) is 1. The molecule has 0 bridgehead atoms. The number of nitrogens with zero attached hydrogens (tertiary/aromatic N) is 2. The quantitative estimate of drug-likeness (QED) is 0.682. The van der Waals surface area contributed by atoms with Gasteiger partial charge in [0, 0.05) is 6.07 Å². The number of carbonyl (C=O) groups is 1. The van der Waals surface area contributed by atoms with Crippen LogP contribution < -0.4 is 5.32 Å². The maximum Gasteiger partial charge on any atom is 0.328 e. The van der Waals surface area contributed by atoms with Crippen molar-refractivity contribution in [1.29, 1.82) is 0 Å². The number of rotatable bonds is 4. The molecule has 17 heavy (non-hydrogen) atoms. The van der Waals surface area contributed by atoms with Gasteiger partial charge in [-0.1, -0.05) is 13.8 Å². The molecule has 0 radical (unpaired) electrons. The highest BCUT2D eigenvalue weighted by molar-refractivity contribution is 9.10. The Labute approximate surface area is 109 Å². The van der Waals surface area contributed by atoms with Crippen LogP contribution in [0.4, 0.5) is 5.82 Å². The Hall–Kier alpha value is -1.17. The minimum Gasteiger partial charge on any atom is -0.467 e. The first kappa shape index (κ1) is 13.9. The van der Waals surface area contributed by atoms with E-state index < -0.39 is 6.04 Å². The SMILES string of the molecule is COC(=O)C(Nc1cc(Br)nc(C)n1)C(C)C. The van der Waals surface area contributed by atoms with E-state index in [2.05, 4.69) is 31.2 Å². The molecule has 94 valence electrons. The molecular weight excluding hydrogens is 286 g/mol. The molecule has 0 aromatic carbocycles. The van der Waals surface area contributed by atoms with Crippen molar-refractivity contribution in [2.45, 2.75) is 26.8 Å². The standard InChI is InChI=1S/C11H16BrN3O2/c1-6(2)10(11(16)17-4)15-9-5-8(12)13-7(3)14-9/h5-6,10H,1-4H3,(H,13,14,15). The molecule has 1 rings (SSSR count). The molecule has 0 saturated heterocycles. The molecule has 1 atom stereocenters. The summed E-state index contributed by atoms with van der Waals surface area (Å²) in [6.45, 7) is 5.67. The van der Waals surface area contributed by atoms with Gasteiger partial charge < -0.3 is 10.1 Å². The van der Waals surface area contributed by atoms with Crippen molar-refractivity contribution in [3.8, 4) is 0 Å². The topological polar surface area (TPSA) is 64.1 Å². The molecule has 6 heteroatoms. The average Bonchev–Trinajstić information content (AvgIpc) is 2.23. The van der Waals surface area contributed by atoms with Gasteiger partial charge >= 0.3 is 5.97 Å². The third kappa shape index (κ3) is 3.96. The van der Waals surface area contributed by atoms with E-state index in [1.165, 1.54) is 7.11 Å². The molecular formula is C11H16BrN3O2. The maximum absolute atomic E-state index is 11.6. The lowest BCUT2D eigenvalue weighted by molar-refractivity contribution is -0.142. The second-order valence-electron chi connectivity index (χ2n) is 4.01. The van der Waals surface area contributed by atoms with Crippen LogP contribution in [0.2, 0.25) is 0 Å². The average molecular weight is 302 g/mol. The largest absolute Gasteiger partial charge is 0.467 e. The Balaban J connectivity index is 2.89. The molecule has 0 fully saturated rings. The van der Waals surface area contributed by atoms with Crippen LogP contribution >= 0.6 is 15.9 Å². The van der Waals surface area contributed by atoms with Gasteiger partial charge in [0.2, 0.25) is 0 Å². The second-order valence-corrected chi connectivity index (χ2v) is 4.82. The predicted molar refractivity (Wildman–Crippen MR) is 68.7 cm³/mol. The van der Waals surface area contributed by atoms with Crippen molar-refractivity contribution in [3.05, 3.63) is 16.5 Å². The molecule has 1 heterocycles. The smallest absolute Gasteiger partial charge is 0.328 e. The van der Waals surface area contributed by atoms with Crippen LogP contribution in [0.1, 0.15) is 19.7 Å². The van der Waals surface area contributed by atoms with Gasteiger partial charge in [-0.05, 0) is 28.8 Å². The monoisotopic (exact) mass is 301 g/mol. The lowest BCUT2D eigenvalue weighted by Crippen LogP contribution is -2.35. The van der Waals surface area contributed by atoms with Crippen LogP contribution in [-0.4, -0.2) is 29.1 Å². The van der Waals surface area contributed by atoms with Gasteiger partial charge in [0.25, 0.3) is 0 Å². The number of carbonyl (C=O) groups excluding carboxylic acids is 1. The van der Waals surface area contributed by atoms with Gasteiger partial charge in [0.15, 0.2) is 0 Å². The summed E-state index contributed by atoms with van der Waals surface area (Å²) in [6, 6.07) is 1.31. The Kier molecular flexibility index (Phi) is 4.86. The van der Waals surface area contributed by atoms with Gasteiger partial charge in [-0.3, -0.25) is 0 Å². The number of ether oxygens (including phenoxy) is 1. The van der Waals surface area contributed by atoms with Gasteiger partial charge in [0.1, 0.15) is 22.3 Å². The van der Waals surface area contributed by atoms with Crippen LogP contribution in [0.25, 0.3) is 0 Å². The Morgan fingerprint density at radius 2 is 2.12 bits per heavy atom. The number of methoxy groups -OCH3 is 1. The number of esters is 1. The molecule has 0 aliphatic carbocycles. The molecule has 1 unspecified atom stereocenters. The van der Waals surface area contributed by atoms with Crippen molar-refractivity contribution in [1.82, 2.24) is 9.97 Å². The molecule has 0 saturated carbocycles. The summed E-state index contributed by atoms with van der Waals surface area (Å²) in [5, 5.41) is 3.06. The van der Waals surface area contributed by atoms with E-state index in [9.17, 15) is 4.79 Å². The fourth-order valence-electron chi connectivity index (χ4n) is 1.39. The third-order valence-electron chi connectivity index (χ3n) is 2.23. The number of halogens is 1. The lowest BCUT2D eigenvalue weighted by atomic mass is 10.0. The summed E-state index contributed by atoms with van der Waals surface area (Å²) in [7, 11) is 1.38. The van der Waals surface area contributed by atoms with Crippen LogP contribution in [0.3, 0.4) is 0 Å². The summed E-state index contributed by atoms with van der Waals surface area (Å²) >= 11 is 3.29. The zero-order valence-corrected chi connectivity index (χ0v) is 11.9. The van der Waals surface area contributed by atoms with Gasteiger partial charge in [-0.2, -0.15) is 0 Å². The zero-order chi connectivity index (χ0) is 13.0. The molecule has 0 aliphatic rings. The summed E-state index contributed by atoms with van der Waals surface area (Å²) in [5.74, 6) is 1.05. The first-order chi connectivity index (χ1) is 7.93. The fourth-order valence-corrected chi connectivity index (χ4v) is 1.86. The van der Waals surface area contributed by atoms with E-state index in [0.29, 0.717) is 16.2 Å². The normalized spacial score (nSPS) is 12.4. The van der Waals surface area contributed by atoms with E-state index in [1.807, 2.05) is 13.8 Å². The minimum atomic E-state index is -0.416. The van der Waals surface area contributed by atoms with Gasteiger partial charge in [0.05, 0.1) is 7.11 Å².